The molecule has 7 heteroatoms. The van der Waals surface area contributed by atoms with E-state index >= 15 is 0 Å². The lowest BCUT2D eigenvalue weighted by molar-refractivity contribution is 0.311. The van der Waals surface area contributed by atoms with Gasteiger partial charge in [-0.1, -0.05) is 12.1 Å². The van der Waals surface area contributed by atoms with Crippen LogP contribution in [-0.4, -0.2) is 39.9 Å². The fourth-order valence-corrected chi connectivity index (χ4v) is 2.62. The van der Waals surface area contributed by atoms with Crippen LogP contribution >= 0.6 is 24.0 Å². The van der Waals surface area contributed by atoms with Crippen molar-refractivity contribution in [2.75, 3.05) is 39.2 Å². The summed E-state index contributed by atoms with van der Waals surface area (Å²) in [6.45, 7) is 5.95. The molecule has 0 amide bonds. The Kier molecular flexibility index (Phi) is 11.2. The highest BCUT2D eigenvalue weighted by atomic mass is 127. The van der Waals surface area contributed by atoms with Crippen molar-refractivity contribution >= 4 is 35.6 Å². The van der Waals surface area contributed by atoms with Gasteiger partial charge in [-0.05, 0) is 50.1 Å². The van der Waals surface area contributed by atoms with E-state index in [0.29, 0.717) is 24.9 Å². The van der Waals surface area contributed by atoms with Gasteiger partial charge in [0.2, 0.25) is 0 Å². The SMILES string of the molecule is CCOc1cccc(CCNC(=NC)Nc2ccc(OCC)c(OC)c2)c1.I. The lowest BCUT2D eigenvalue weighted by atomic mass is 10.1. The van der Waals surface area contributed by atoms with E-state index in [1.54, 1.807) is 14.2 Å². The summed E-state index contributed by atoms with van der Waals surface area (Å²) in [7, 11) is 3.38. The first-order chi connectivity index (χ1) is 13.2. The largest absolute Gasteiger partial charge is 0.494 e. The van der Waals surface area contributed by atoms with Gasteiger partial charge < -0.3 is 24.8 Å². The Hall–Kier alpha value is -2.16. The Balaban J connectivity index is 0.00000392. The van der Waals surface area contributed by atoms with Gasteiger partial charge in [0, 0.05) is 25.3 Å². The van der Waals surface area contributed by atoms with E-state index in [1.165, 1.54) is 5.56 Å². The first-order valence-electron chi connectivity index (χ1n) is 9.20. The van der Waals surface area contributed by atoms with Crippen LogP contribution < -0.4 is 24.8 Å². The lowest BCUT2D eigenvalue weighted by Gasteiger charge is -2.14. The number of halogens is 1. The molecular formula is C21H30IN3O3. The topological polar surface area (TPSA) is 64.1 Å². The number of benzene rings is 2. The van der Waals surface area contributed by atoms with Crippen LogP contribution in [0.25, 0.3) is 0 Å². The van der Waals surface area contributed by atoms with Gasteiger partial charge in [-0.3, -0.25) is 4.99 Å². The first kappa shape index (κ1) is 23.9. The fraction of sp³-hybridized carbons (Fsp3) is 0.381. The Morgan fingerprint density at radius 2 is 1.79 bits per heavy atom. The van der Waals surface area contributed by atoms with Gasteiger partial charge in [-0.25, -0.2) is 0 Å². The predicted octanol–water partition coefficient (Wildman–Crippen LogP) is 4.34. The van der Waals surface area contributed by atoms with E-state index in [1.807, 2.05) is 44.2 Å². The molecule has 0 radical (unpaired) electrons. The Morgan fingerprint density at radius 1 is 1.00 bits per heavy atom. The molecule has 0 aliphatic carbocycles. The maximum atomic E-state index is 5.55. The molecule has 2 N–H and O–H groups in total. The van der Waals surface area contributed by atoms with Gasteiger partial charge in [0.25, 0.3) is 0 Å². The number of hydrogen-bond acceptors (Lipinski definition) is 4. The fourth-order valence-electron chi connectivity index (χ4n) is 2.62. The number of anilines is 1. The minimum absolute atomic E-state index is 0. The number of guanidine groups is 1. The van der Waals surface area contributed by atoms with Crippen LogP contribution in [0.3, 0.4) is 0 Å². The monoisotopic (exact) mass is 499 g/mol. The summed E-state index contributed by atoms with van der Waals surface area (Å²) >= 11 is 0. The van der Waals surface area contributed by atoms with Crippen molar-refractivity contribution in [1.82, 2.24) is 5.32 Å². The number of rotatable bonds is 9. The molecule has 0 bridgehead atoms. The van der Waals surface area contributed by atoms with E-state index in [4.69, 9.17) is 14.2 Å². The van der Waals surface area contributed by atoms with Gasteiger partial charge in [0.1, 0.15) is 5.75 Å². The molecule has 0 atom stereocenters. The molecule has 0 aliphatic heterocycles. The normalized spacial score (nSPS) is 10.6. The van der Waals surface area contributed by atoms with Crippen LogP contribution in [0.2, 0.25) is 0 Å². The van der Waals surface area contributed by atoms with Crippen LogP contribution in [0.4, 0.5) is 5.69 Å². The summed E-state index contributed by atoms with van der Waals surface area (Å²) in [5.74, 6) is 3.01. The summed E-state index contributed by atoms with van der Waals surface area (Å²) in [4.78, 5) is 4.27. The van der Waals surface area contributed by atoms with Gasteiger partial charge in [-0.15, -0.1) is 24.0 Å². The predicted molar refractivity (Wildman–Crippen MR) is 126 cm³/mol. The Bertz CT molecular complexity index is 753. The third-order valence-corrected chi connectivity index (χ3v) is 3.87. The maximum Gasteiger partial charge on any atom is 0.195 e. The second kappa shape index (κ2) is 13.1. The zero-order chi connectivity index (χ0) is 19.5. The number of methoxy groups -OCH3 is 1. The molecule has 0 unspecified atom stereocenters. The number of hydrogen-bond donors (Lipinski definition) is 2. The molecule has 0 aliphatic rings. The minimum Gasteiger partial charge on any atom is -0.494 e. The van der Waals surface area contributed by atoms with E-state index in [9.17, 15) is 0 Å². The van der Waals surface area contributed by atoms with E-state index in [0.717, 1.165) is 30.2 Å². The van der Waals surface area contributed by atoms with Crippen LogP contribution in [-0.2, 0) is 6.42 Å². The summed E-state index contributed by atoms with van der Waals surface area (Å²) in [6, 6.07) is 13.9. The summed E-state index contributed by atoms with van der Waals surface area (Å²) in [6.07, 6.45) is 0.869. The number of nitrogens with one attached hydrogen (secondary N) is 2. The molecule has 0 saturated carbocycles. The maximum absolute atomic E-state index is 5.55. The molecule has 2 aromatic carbocycles. The first-order valence-corrected chi connectivity index (χ1v) is 9.20. The molecule has 0 saturated heterocycles. The minimum atomic E-state index is 0. The van der Waals surface area contributed by atoms with Crippen LogP contribution in [0.1, 0.15) is 19.4 Å². The third kappa shape index (κ3) is 7.46. The number of ether oxygens (including phenoxy) is 3. The highest BCUT2D eigenvalue weighted by Crippen LogP contribution is 2.30. The number of nitrogens with zero attached hydrogens (tertiary/aromatic N) is 1. The van der Waals surface area contributed by atoms with Crippen LogP contribution in [0.5, 0.6) is 17.2 Å². The van der Waals surface area contributed by atoms with Gasteiger partial charge in [0.05, 0.1) is 20.3 Å². The highest BCUT2D eigenvalue weighted by Gasteiger charge is 2.07. The van der Waals surface area contributed by atoms with Gasteiger partial charge in [-0.2, -0.15) is 0 Å². The van der Waals surface area contributed by atoms with Crippen molar-refractivity contribution in [3.05, 3.63) is 48.0 Å². The average Bonchev–Trinajstić information content (AvgIpc) is 2.69. The molecule has 0 heterocycles. The smallest absolute Gasteiger partial charge is 0.195 e. The highest BCUT2D eigenvalue weighted by molar-refractivity contribution is 14.0. The van der Waals surface area contributed by atoms with Crippen molar-refractivity contribution in [2.24, 2.45) is 4.99 Å². The molecule has 2 aromatic rings. The number of aliphatic imine (C=N–C) groups is 1. The average molecular weight is 499 g/mol. The van der Waals surface area contributed by atoms with E-state index in [-0.39, 0.29) is 24.0 Å². The summed E-state index contributed by atoms with van der Waals surface area (Å²) in [5, 5.41) is 6.59. The molecule has 154 valence electrons. The third-order valence-electron chi connectivity index (χ3n) is 3.87. The van der Waals surface area contributed by atoms with Crippen molar-refractivity contribution in [3.8, 4) is 17.2 Å². The van der Waals surface area contributed by atoms with Crippen molar-refractivity contribution < 1.29 is 14.2 Å². The standard InChI is InChI=1S/C21H29N3O3.HI/c1-5-26-18-9-7-8-16(14-18)12-13-23-21(22-3)24-17-10-11-19(27-6-2)20(15-17)25-4;/h7-11,14-15H,5-6,12-13H2,1-4H3,(H2,22,23,24);1H. The van der Waals surface area contributed by atoms with Crippen LogP contribution in [0, 0.1) is 0 Å². The Morgan fingerprint density at radius 3 is 2.46 bits per heavy atom. The van der Waals surface area contributed by atoms with E-state index in [2.05, 4.69) is 27.8 Å². The molecular weight excluding hydrogens is 469 g/mol. The van der Waals surface area contributed by atoms with Crippen molar-refractivity contribution in [3.63, 3.8) is 0 Å². The van der Waals surface area contributed by atoms with E-state index < -0.39 is 0 Å². The molecule has 6 nitrogen and oxygen atoms in total. The Labute approximate surface area is 184 Å². The lowest BCUT2D eigenvalue weighted by Crippen LogP contribution is -2.32. The van der Waals surface area contributed by atoms with Crippen molar-refractivity contribution in [1.29, 1.82) is 0 Å². The quantitative estimate of drug-likeness (QED) is 0.306. The second-order valence-electron chi connectivity index (χ2n) is 5.75. The van der Waals surface area contributed by atoms with Gasteiger partial charge >= 0.3 is 0 Å². The van der Waals surface area contributed by atoms with Crippen LogP contribution in [0.15, 0.2) is 47.5 Å². The molecule has 0 aromatic heterocycles. The molecule has 0 fully saturated rings. The zero-order valence-electron chi connectivity index (χ0n) is 17.0. The zero-order valence-corrected chi connectivity index (χ0v) is 19.3. The summed E-state index contributed by atoms with van der Waals surface area (Å²) < 4.78 is 16.5. The molecule has 0 spiro atoms. The molecule has 28 heavy (non-hydrogen) atoms. The second-order valence-corrected chi connectivity index (χ2v) is 5.75. The van der Waals surface area contributed by atoms with Gasteiger partial charge in [0.15, 0.2) is 17.5 Å². The molecule has 2 rings (SSSR count). The summed E-state index contributed by atoms with van der Waals surface area (Å²) in [5.41, 5.74) is 2.09. The van der Waals surface area contributed by atoms with Crippen molar-refractivity contribution in [2.45, 2.75) is 20.3 Å².